The van der Waals surface area contributed by atoms with Crippen molar-refractivity contribution in [1.29, 1.82) is 0 Å². The number of hydrogen-bond acceptors (Lipinski definition) is 1. The molecule has 0 fully saturated rings. The molecule has 0 rings (SSSR count). The molecular weight excluding hydrogens is 335 g/mol. The normalized spacial score (nSPS) is 8.48. The van der Waals surface area contributed by atoms with Gasteiger partial charge in [-0.25, -0.2) is 0 Å². The van der Waals surface area contributed by atoms with Gasteiger partial charge < -0.3 is 19.2 Å². The van der Waals surface area contributed by atoms with Crippen molar-refractivity contribution in [2.75, 3.05) is 6.54 Å². The SMILES string of the molecule is C.C.CC(C)CNC(=O)C(C)C.[CH2-]C(C)C.[CH2-]C(C)C.[Y]. The maximum absolute atomic E-state index is 10.9. The number of carbonyl (C=O) groups is 1. The minimum atomic E-state index is 0. The Morgan fingerprint density at radius 1 is 0.857 bits per heavy atom. The van der Waals surface area contributed by atoms with E-state index >= 15 is 0 Å². The van der Waals surface area contributed by atoms with Crippen molar-refractivity contribution < 1.29 is 37.5 Å². The van der Waals surface area contributed by atoms with Crippen molar-refractivity contribution in [1.82, 2.24) is 5.32 Å². The zero-order valence-corrected chi connectivity index (χ0v) is 17.3. The fraction of sp³-hybridized carbons (Fsp3) is 0.833. The molecule has 21 heavy (non-hydrogen) atoms. The summed E-state index contributed by atoms with van der Waals surface area (Å²) < 4.78 is 0. The Labute approximate surface area is 162 Å². The minimum absolute atomic E-state index is 0. The van der Waals surface area contributed by atoms with Crippen LogP contribution in [-0.2, 0) is 37.5 Å². The Morgan fingerprint density at radius 3 is 1.24 bits per heavy atom. The van der Waals surface area contributed by atoms with Gasteiger partial charge in [0.05, 0.1) is 0 Å². The fourth-order valence-corrected chi connectivity index (χ4v) is 0.509. The quantitative estimate of drug-likeness (QED) is 0.633. The third-order valence-electron chi connectivity index (χ3n) is 1.21. The Bertz CT molecular complexity index is 167. The molecular formula is C18H43NOY-2. The van der Waals surface area contributed by atoms with E-state index in [2.05, 4.69) is 60.7 Å². The summed E-state index contributed by atoms with van der Waals surface area (Å²) in [7, 11) is 0. The van der Waals surface area contributed by atoms with Crippen LogP contribution in [0.1, 0.15) is 70.2 Å². The molecule has 0 spiro atoms. The molecule has 0 aliphatic rings. The Morgan fingerprint density at radius 2 is 1.10 bits per heavy atom. The van der Waals surface area contributed by atoms with Crippen LogP contribution in [0.25, 0.3) is 0 Å². The molecule has 131 valence electrons. The van der Waals surface area contributed by atoms with Gasteiger partial charge in [0.25, 0.3) is 0 Å². The maximum Gasteiger partial charge on any atom is 0.222 e. The number of rotatable bonds is 3. The molecule has 0 heterocycles. The van der Waals surface area contributed by atoms with Gasteiger partial charge in [0.2, 0.25) is 5.91 Å². The van der Waals surface area contributed by atoms with Crippen LogP contribution in [0.4, 0.5) is 0 Å². The molecule has 0 unspecified atom stereocenters. The van der Waals surface area contributed by atoms with Crippen LogP contribution in [0.2, 0.25) is 0 Å². The number of amides is 1. The molecule has 0 bridgehead atoms. The fourth-order valence-electron chi connectivity index (χ4n) is 0.509. The Kier molecular flexibility index (Phi) is 45.8. The van der Waals surface area contributed by atoms with Crippen molar-refractivity contribution in [3.63, 3.8) is 0 Å². The first kappa shape index (κ1) is 37.7. The summed E-state index contributed by atoms with van der Waals surface area (Å²) >= 11 is 0. The van der Waals surface area contributed by atoms with Crippen molar-refractivity contribution in [2.24, 2.45) is 23.7 Å². The monoisotopic (exact) mass is 378 g/mol. The number of nitrogens with one attached hydrogen (secondary N) is 1. The summed E-state index contributed by atoms with van der Waals surface area (Å²) in [5.74, 6) is 1.97. The summed E-state index contributed by atoms with van der Waals surface area (Å²) in [6, 6.07) is 0. The molecule has 0 aliphatic carbocycles. The van der Waals surface area contributed by atoms with Crippen LogP contribution < -0.4 is 5.32 Å². The average Bonchev–Trinajstić information content (AvgIpc) is 2.11. The molecule has 3 heteroatoms. The van der Waals surface area contributed by atoms with Crippen molar-refractivity contribution >= 4 is 5.91 Å². The first-order valence-corrected chi connectivity index (χ1v) is 6.94. The van der Waals surface area contributed by atoms with Gasteiger partial charge in [0.1, 0.15) is 0 Å². The van der Waals surface area contributed by atoms with Crippen LogP contribution in [0.5, 0.6) is 0 Å². The number of carbonyl (C=O) groups excluding carboxylic acids is 1. The second-order valence-corrected chi connectivity index (χ2v) is 6.08. The number of hydrogen-bond donors (Lipinski definition) is 1. The zero-order chi connectivity index (χ0) is 15.3. The molecule has 0 saturated carbocycles. The smallest absolute Gasteiger partial charge is 0.222 e. The van der Waals surface area contributed by atoms with E-state index in [-0.39, 0.29) is 59.4 Å². The van der Waals surface area contributed by atoms with E-state index in [1.165, 1.54) is 0 Å². The molecule has 1 amide bonds. The van der Waals surface area contributed by atoms with Crippen LogP contribution in [0, 0.1) is 37.5 Å². The summed E-state index contributed by atoms with van der Waals surface area (Å²) in [5, 5.41) is 2.84. The summed E-state index contributed by atoms with van der Waals surface area (Å²) in [5.41, 5.74) is 0. The van der Waals surface area contributed by atoms with Crippen molar-refractivity contribution in [2.45, 2.75) is 70.2 Å². The molecule has 0 aromatic carbocycles. The largest absolute Gasteiger partial charge is 0.356 e. The first-order valence-electron chi connectivity index (χ1n) is 6.94. The summed E-state index contributed by atoms with van der Waals surface area (Å²) in [6.45, 7) is 24.3. The molecule has 0 aromatic rings. The van der Waals surface area contributed by atoms with E-state index in [4.69, 9.17) is 0 Å². The first-order chi connectivity index (χ1) is 8.00. The zero-order valence-electron chi connectivity index (χ0n) is 14.4. The predicted molar refractivity (Wildman–Crippen MR) is 96.5 cm³/mol. The second-order valence-electron chi connectivity index (χ2n) is 6.08. The van der Waals surface area contributed by atoms with E-state index in [1.807, 2.05) is 13.8 Å². The standard InChI is InChI=1S/C8H17NO.2C4H9.2CH4.Y/c1-6(2)5-9-8(10)7(3)4;2*1-4(2)3;;;/h6-7H,5H2,1-4H3,(H,9,10);2*4H,1H2,2-3H3;2*1H4;/q;2*-1;;;. The third-order valence-corrected chi connectivity index (χ3v) is 1.21. The van der Waals surface area contributed by atoms with Gasteiger partial charge in [0, 0.05) is 45.2 Å². The molecule has 1 N–H and O–H groups in total. The molecule has 0 saturated heterocycles. The van der Waals surface area contributed by atoms with E-state index in [0.29, 0.717) is 17.8 Å². The second kappa shape index (κ2) is 25.5. The topological polar surface area (TPSA) is 29.1 Å². The molecule has 0 aliphatic heterocycles. The van der Waals surface area contributed by atoms with E-state index < -0.39 is 0 Å². The minimum Gasteiger partial charge on any atom is -0.356 e. The van der Waals surface area contributed by atoms with E-state index in [9.17, 15) is 4.79 Å². The van der Waals surface area contributed by atoms with E-state index in [1.54, 1.807) is 0 Å². The van der Waals surface area contributed by atoms with Crippen LogP contribution in [0.3, 0.4) is 0 Å². The predicted octanol–water partition coefficient (Wildman–Crippen LogP) is 5.64. The van der Waals surface area contributed by atoms with Gasteiger partial charge in [-0.3, -0.25) is 4.79 Å². The molecule has 2 nitrogen and oxygen atoms in total. The van der Waals surface area contributed by atoms with E-state index in [0.717, 1.165) is 6.54 Å². The van der Waals surface area contributed by atoms with Gasteiger partial charge in [-0.05, 0) is 5.92 Å². The third kappa shape index (κ3) is 77.4. The Balaban J connectivity index is -0.0000000439. The van der Waals surface area contributed by atoms with Gasteiger partial charge in [-0.1, -0.05) is 70.2 Å². The molecule has 0 aromatic heterocycles. The van der Waals surface area contributed by atoms with Crippen LogP contribution in [0.15, 0.2) is 0 Å². The van der Waals surface area contributed by atoms with Crippen LogP contribution >= 0.6 is 0 Å². The van der Waals surface area contributed by atoms with Gasteiger partial charge in [-0.2, -0.15) is 11.8 Å². The van der Waals surface area contributed by atoms with Crippen LogP contribution in [-0.4, -0.2) is 12.5 Å². The van der Waals surface area contributed by atoms with Gasteiger partial charge in [-0.15, -0.1) is 0 Å². The van der Waals surface area contributed by atoms with Crippen molar-refractivity contribution in [3.05, 3.63) is 13.8 Å². The summed E-state index contributed by atoms with van der Waals surface area (Å²) in [6.07, 6.45) is 0. The molecule has 1 radical (unpaired) electrons. The maximum atomic E-state index is 10.9. The molecule has 0 atom stereocenters. The van der Waals surface area contributed by atoms with Gasteiger partial charge >= 0.3 is 0 Å². The average molecular weight is 378 g/mol. The Hall–Kier alpha value is 0.574. The summed E-state index contributed by atoms with van der Waals surface area (Å²) in [4.78, 5) is 10.9. The van der Waals surface area contributed by atoms with Gasteiger partial charge in [0.15, 0.2) is 0 Å². The van der Waals surface area contributed by atoms with Crippen molar-refractivity contribution in [3.8, 4) is 0 Å².